The molecule has 0 fully saturated rings. The fourth-order valence-electron chi connectivity index (χ4n) is 5.53. The standard InChI is InChI=1S/C34H21Cl/c35-24-17-18-31(32-19-22-9-1-3-11-25(22)27-13-5-7-15-29(27)32)34(21-24)33-20-23-10-2-4-12-26(23)28-14-6-8-16-30(28)33/h1-21H. The lowest BCUT2D eigenvalue weighted by molar-refractivity contribution is 1.63. The van der Waals surface area contributed by atoms with Crippen LogP contribution in [0.1, 0.15) is 0 Å². The van der Waals surface area contributed by atoms with E-state index in [1.165, 1.54) is 59.8 Å². The summed E-state index contributed by atoms with van der Waals surface area (Å²) in [5.74, 6) is 0. The summed E-state index contributed by atoms with van der Waals surface area (Å²) >= 11 is 6.64. The number of benzene rings is 7. The SMILES string of the molecule is Clc1ccc(-c2cc3ccccc3c3ccccc23)c(-c2cc3ccccc3c3ccccc23)c1. The molecule has 0 spiro atoms. The molecule has 7 rings (SSSR count). The maximum absolute atomic E-state index is 6.64. The molecule has 7 aromatic rings. The molecule has 0 amide bonds. The molecule has 0 atom stereocenters. The maximum Gasteiger partial charge on any atom is 0.0412 e. The molecule has 0 heterocycles. The van der Waals surface area contributed by atoms with Crippen LogP contribution in [0, 0.1) is 0 Å². The van der Waals surface area contributed by atoms with Gasteiger partial charge in [-0.15, -0.1) is 0 Å². The summed E-state index contributed by atoms with van der Waals surface area (Å²) in [5.41, 5.74) is 4.77. The minimum Gasteiger partial charge on any atom is -0.0843 e. The van der Waals surface area contributed by atoms with Crippen molar-refractivity contribution < 1.29 is 0 Å². The lowest BCUT2D eigenvalue weighted by Gasteiger charge is -2.17. The van der Waals surface area contributed by atoms with Crippen molar-refractivity contribution in [2.45, 2.75) is 0 Å². The second-order valence-corrected chi connectivity index (χ2v) is 9.51. The quantitative estimate of drug-likeness (QED) is 0.223. The Bertz CT molecular complexity index is 1910. The molecule has 0 bridgehead atoms. The van der Waals surface area contributed by atoms with Crippen molar-refractivity contribution in [3.05, 3.63) is 132 Å². The van der Waals surface area contributed by atoms with E-state index in [0.717, 1.165) is 10.6 Å². The van der Waals surface area contributed by atoms with Gasteiger partial charge in [0.2, 0.25) is 0 Å². The van der Waals surface area contributed by atoms with Crippen LogP contribution in [0.15, 0.2) is 127 Å². The molecular formula is C34H21Cl. The van der Waals surface area contributed by atoms with Crippen LogP contribution in [0.3, 0.4) is 0 Å². The molecule has 0 saturated heterocycles. The predicted octanol–water partition coefficient (Wildman–Crippen LogP) is 10.3. The normalized spacial score (nSPS) is 11.6. The van der Waals surface area contributed by atoms with Gasteiger partial charge < -0.3 is 0 Å². The zero-order valence-electron chi connectivity index (χ0n) is 19.0. The number of rotatable bonds is 2. The molecule has 1 heteroatoms. The van der Waals surface area contributed by atoms with Crippen molar-refractivity contribution in [3.63, 3.8) is 0 Å². The highest BCUT2D eigenvalue weighted by atomic mass is 35.5. The molecule has 0 radical (unpaired) electrons. The van der Waals surface area contributed by atoms with E-state index in [0.29, 0.717) is 0 Å². The van der Waals surface area contributed by atoms with Gasteiger partial charge in [-0.2, -0.15) is 0 Å². The Morgan fingerprint density at radius 2 is 0.743 bits per heavy atom. The number of fused-ring (bicyclic) bond motifs is 6. The van der Waals surface area contributed by atoms with E-state index < -0.39 is 0 Å². The molecular weight excluding hydrogens is 444 g/mol. The fourth-order valence-corrected chi connectivity index (χ4v) is 5.70. The topological polar surface area (TPSA) is 0 Å². The summed E-state index contributed by atoms with van der Waals surface area (Å²) < 4.78 is 0. The van der Waals surface area contributed by atoms with E-state index >= 15 is 0 Å². The highest BCUT2D eigenvalue weighted by molar-refractivity contribution is 6.31. The lowest BCUT2D eigenvalue weighted by Crippen LogP contribution is -1.91. The van der Waals surface area contributed by atoms with Gasteiger partial charge in [0, 0.05) is 5.02 Å². The minimum absolute atomic E-state index is 0.742. The maximum atomic E-state index is 6.64. The Morgan fingerprint density at radius 3 is 1.29 bits per heavy atom. The van der Waals surface area contributed by atoms with E-state index in [4.69, 9.17) is 11.6 Å². The van der Waals surface area contributed by atoms with Crippen molar-refractivity contribution in [3.8, 4) is 22.3 Å². The molecule has 0 N–H and O–H groups in total. The number of hydrogen-bond donors (Lipinski definition) is 0. The van der Waals surface area contributed by atoms with Gasteiger partial charge in [-0.3, -0.25) is 0 Å². The van der Waals surface area contributed by atoms with E-state index in [-0.39, 0.29) is 0 Å². The first-order valence-electron chi connectivity index (χ1n) is 11.9. The van der Waals surface area contributed by atoms with Crippen molar-refractivity contribution in [2.75, 3.05) is 0 Å². The van der Waals surface area contributed by atoms with Gasteiger partial charge in [0.15, 0.2) is 0 Å². The van der Waals surface area contributed by atoms with Gasteiger partial charge in [0.1, 0.15) is 0 Å². The second kappa shape index (κ2) is 7.98. The van der Waals surface area contributed by atoms with Gasteiger partial charge in [0.05, 0.1) is 0 Å². The summed E-state index contributed by atoms with van der Waals surface area (Å²) in [4.78, 5) is 0. The summed E-state index contributed by atoms with van der Waals surface area (Å²) in [6, 6.07) is 45.6. The van der Waals surface area contributed by atoms with Gasteiger partial charge in [0.25, 0.3) is 0 Å². The summed E-state index contributed by atoms with van der Waals surface area (Å²) in [7, 11) is 0. The number of hydrogen-bond acceptors (Lipinski definition) is 0. The second-order valence-electron chi connectivity index (χ2n) is 9.07. The van der Waals surface area contributed by atoms with Crippen LogP contribution >= 0.6 is 11.6 Å². The Morgan fingerprint density at radius 1 is 0.314 bits per heavy atom. The van der Waals surface area contributed by atoms with Crippen LogP contribution < -0.4 is 0 Å². The molecule has 0 nitrogen and oxygen atoms in total. The van der Waals surface area contributed by atoms with E-state index in [9.17, 15) is 0 Å². The molecule has 0 saturated carbocycles. The van der Waals surface area contributed by atoms with Gasteiger partial charge in [-0.1, -0.05) is 115 Å². The average molecular weight is 465 g/mol. The van der Waals surface area contributed by atoms with Gasteiger partial charge in [-0.05, 0) is 89.6 Å². The Balaban J connectivity index is 1.62. The van der Waals surface area contributed by atoms with Gasteiger partial charge in [-0.25, -0.2) is 0 Å². The Kier molecular flexibility index (Phi) is 4.62. The predicted molar refractivity (Wildman–Crippen MR) is 152 cm³/mol. The van der Waals surface area contributed by atoms with Crippen LogP contribution in [0.5, 0.6) is 0 Å². The summed E-state index contributed by atoms with van der Waals surface area (Å²) in [6.07, 6.45) is 0. The molecule has 0 unspecified atom stereocenters. The zero-order chi connectivity index (χ0) is 23.4. The van der Waals surface area contributed by atoms with E-state index in [2.05, 4.69) is 121 Å². The third kappa shape index (κ3) is 3.22. The van der Waals surface area contributed by atoms with Crippen molar-refractivity contribution in [1.82, 2.24) is 0 Å². The van der Waals surface area contributed by atoms with Crippen LogP contribution in [-0.4, -0.2) is 0 Å². The van der Waals surface area contributed by atoms with Gasteiger partial charge >= 0.3 is 0 Å². The van der Waals surface area contributed by atoms with Crippen molar-refractivity contribution >= 4 is 54.7 Å². The molecule has 0 aliphatic heterocycles. The molecule has 164 valence electrons. The van der Waals surface area contributed by atoms with Crippen LogP contribution in [0.2, 0.25) is 5.02 Å². The number of halogens is 1. The third-order valence-electron chi connectivity index (χ3n) is 7.10. The van der Waals surface area contributed by atoms with Crippen LogP contribution in [-0.2, 0) is 0 Å². The lowest BCUT2D eigenvalue weighted by atomic mass is 9.86. The monoisotopic (exact) mass is 464 g/mol. The molecule has 7 aromatic carbocycles. The Labute approximate surface area is 209 Å². The molecule has 35 heavy (non-hydrogen) atoms. The fraction of sp³-hybridized carbons (Fsp3) is 0. The first kappa shape index (κ1) is 20.3. The van der Waals surface area contributed by atoms with Crippen molar-refractivity contribution in [1.29, 1.82) is 0 Å². The average Bonchev–Trinajstić information content (AvgIpc) is 2.92. The first-order valence-corrected chi connectivity index (χ1v) is 12.3. The summed E-state index contributed by atoms with van der Waals surface area (Å²) in [6.45, 7) is 0. The molecule has 0 aliphatic carbocycles. The molecule has 0 aromatic heterocycles. The van der Waals surface area contributed by atoms with Crippen LogP contribution in [0.25, 0.3) is 65.3 Å². The van der Waals surface area contributed by atoms with E-state index in [1.807, 2.05) is 6.07 Å². The van der Waals surface area contributed by atoms with E-state index in [1.54, 1.807) is 0 Å². The highest BCUT2D eigenvalue weighted by Crippen LogP contribution is 2.43. The molecule has 0 aliphatic rings. The summed E-state index contributed by atoms with van der Waals surface area (Å²) in [5, 5.41) is 10.8. The Hall–Kier alpha value is -4.13. The minimum atomic E-state index is 0.742. The smallest absolute Gasteiger partial charge is 0.0412 e. The van der Waals surface area contributed by atoms with Crippen LogP contribution in [0.4, 0.5) is 0 Å². The highest BCUT2D eigenvalue weighted by Gasteiger charge is 2.16. The first-order chi connectivity index (χ1) is 17.3. The van der Waals surface area contributed by atoms with Crippen molar-refractivity contribution in [2.24, 2.45) is 0 Å². The third-order valence-corrected chi connectivity index (χ3v) is 7.33. The largest absolute Gasteiger partial charge is 0.0843 e. The zero-order valence-corrected chi connectivity index (χ0v) is 19.8.